The number of carbonyl (C=O) groups is 2. The highest BCUT2D eigenvalue weighted by Gasteiger charge is 2.24. The van der Waals surface area contributed by atoms with E-state index in [0.29, 0.717) is 11.5 Å². The van der Waals surface area contributed by atoms with Crippen LogP contribution in [0.1, 0.15) is 22.5 Å². The van der Waals surface area contributed by atoms with Gasteiger partial charge in [-0.3, -0.25) is 4.79 Å². The molecule has 0 fully saturated rings. The Morgan fingerprint density at radius 3 is 2.71 bits per heavy atom. The Morgan fingerprint density at radius 1 is 1.33 bits per heavy atom. The zero-order valence-corrected chi connectivity index (χ0v) is 13.5. The van der Waals surface area contributed by atoms with Gasteiger partial charge in [-0.25, -0.2) is 4.79 Å². The number of aromatic nitrogens is 1. The van der Waals surface area contributed by atoms with Gasteiger partial charge in [0, 0.05) is 19.2 Å². The van der Waals surface area contributed by atoms with E-state index < -0.39 is 12.6 Å². The Balaban J connectivity index is 2.07. The second-order valence-electron chi connectivity index (χ2n) is 5.13. The first kappa shape index (κ1) is 17.2. The van der Waals surface area contributed by atoms with Gasteiger partial charge in [0.2, 0.25) is 0 Å². The van der Waals surface area contributed by atoms with Crippen LogP contribution in [-0.2, 0) is 9.53 Å². The quantitative estimate of drug-likeness (QED) is 0.754. The minimum absolute atomic E-state index is 0.202. The van der Waals surface area contributed by atoms with E-state index in [0.717, 1.165) is 5.56 Å². The Kier molecular flexibility index (Phi) is 5.68. The summed E-state index contributed by atoms with van der Waals surface area (Å²) < 4.78 is 10.2. The van der Waals surface area contributed by atoms with Crippen LogP contribution in [0.25, 0.3) is 11.3 Å². The zero-order chi connectivity index (χ0) is 17.5. The van der Waals surface area contributed by atoms with Crippen LogP contribution in [0.15, 0.2) is 34.9 Å². The summed E-state index contributed by atoms with van der Waals surface area (Å²) in [4.78, 5) is 25.5. The lowest BCUT2D eigenvalue weighted by atomic mass is 10.1. The van der Waals surface area contributed by atoms with E-state index in [-0.39, 0.29) is 24.4 Å². The SMILES string of the molecule is Cc1onc(-c2ccccc2)c1C(=O)OCC(=O)N(C)CCC#N. The molecule has 0 saturated heterocycles. The van der Waals surface area contributed by atoms with Gasteiger partial charge in [-0.05, 0) is 6.92 Å². The molecule has 24 heavy (non-hydrogen) atoms. The van der Waals surface area contributed by atoms with E-state index in [1.54, 1.807) is 26.1 Å². The molecular weight excluding hydrogens is 310 g/mol. The lowest BCUT2D eigenvalue weighted by Gasteiger charge is -2.15. The highest BCUT2D eigenvalue weighted by atomic mass is 16.5. The van der Waals surface area contributed by atoms with Crippen molar-refractivity contribution in [2.24, 2.45) is 0 Å². The number of likely N-dealkylation sites (N-methyl/N-ethyl adjacent to an activating group) is 1. The molecule has 0 N–H and O–H groups in total. The van der Waals surface area contributed by atoms with Crippen molar-refractivity contribution in [1.82, 2.24) is 10.1 Å². The number of nitrogens with zero attached hydrogens (tertiary/aromatic N) is 3. The lowest BCUT2D eigenvalue weighted by Crippen LogP contribution is -2.32. The summed E-state index contributed by atoms with van der Waals surface area (Å²) in [6.07, 6.45) is 0.221. The predicted molar refractivity (Wildman–Crippen MR) is 84.8 cm³/mol. The molecule has 0 aliphatic heterocycles. The third kappa shape index (κ3) is 3.98. The molecule has 0 aliphatic rings. The van der Waals surface area contributed by atoms with Crippen molar-refractivity contribution < 1.29 is 18.8 Å². The van der Waals surface area contributed by atoms with Gasteiger partial charge in [-0.15, -0.1) is 0 Å². The summed E-state index contributed by atoms with van der Waals surface area (Å²) >= 11 is 0. The van der Waals surface area contributed by atoms with Crippen LogP contribution in [-0.4, -0.2) is 42.1 Å². The van der Waals surface area contributed by atoms with Crippen LogP contribution in [0, 0.1) is 18.3 Å². The van der Waals surface area contributed by atoms with Crippen molar-refractivity contribution in [1.29, 1.82) is 5.26 Å². The van der Waals surface area contributed by atoms with Gasteiger partial charge in [0.25, 0.3) is 5.91 Å². The molecule has 7 heteroatoms. The first-order chi connectivity index (χ1) is 11.5. The summed E-state index contributed by atoms with van der Waals surface area (Å²) in [5.41, 5.74) is 1.30. The Morgan fingerprint density at radius 2 is 2.04 bits per heavy atom. The first-order valence-corrected chi connectivity index (χ1v) is 7.34. The van der Waals surface area contributed by atoms with Crippen molar-refractivity contribution >= 4 is 11.9 Å². The number of aryl methyl sites for hydroxylation is 1. The number of hydrogen-bond donors (Lipinski definition) is 0. The van der Waals surface area contributed by atoms with Gasteiger partial charge in [0.15, 0.2) is 6.61 Å². The van der Waals surface area contributed by atoms with Gasteiger partial charge in [0.1, 0.15) is 17.0 Å². The molecule has 0 bridgehead atoms. The van der Waals surface area contributed by atoms with Crippen molar-refractivity contribution in [3.8, 4) is 17.3 Å². The molecule has 1 aromatic heterocycles. The third-order valence-electron chi connectivity index (χ3n) is 3.43. The van der Waals surface area contributed by atoms with Crippen molar-refractivity contribution in [3.05, 3.63) is 41.7 Å². The van der Waals surface area contributed by atoms with Crippen molar-refractivity contribution in [3.63, 3.8) is 0 Å². The lowest BCUT2D eigenvalue weighted by molar-refractivity contribution is -0.133. The van der Waals surface area contributed by atoms with Gasteiger partial charge >= 0.3 is 5.97 Å². The van der Waals surface area contributed by atoms with Crippen LogP contribution in [0.5, 0.6) is 0 Å². The smallest absolute Gasteiger partial charge is 0.344 e. The molecule has 2 rings (SSSR count). The third-order valence-corrected chi connectivity index (χ3v) is 3.43. The Hall–Kier alpha value is -3.14. The fourth-order valence-corrected chi connectivity index (χ4v) is 2.06. The summed E-state index contributed by atoms with van der Waals surface area (Å²) in [7, 11) is 1.55. The van der Waals surface area contributed by atoms with Crippen LogP contribution in [0.3, 0.4) is 0 Å². The van der Waals surface area contributed by atoms with Gasteiger partial charge in [0.05, 0.1) is 12.5 Å². The normalized spacial score (nSPS) is 10.0. The predicted octanol–water partition coefficient (Wildman–Crippen LogP) is 2.18. The Bertz CT molecular complexity index is 762. The van der Waals surface area contributed by atoms with Gasteiger partial charge < -0.3 is 14.2 Å². The maximum absolute atomic E-state index is 12.3. The maximum atomic E-state index is 12.3. The minimum atomic E-state index is -0.672. The second kappa shape index (κ2) is 7.92. The van der Waals surface area contributed by atoms with Crippen LogP contribution >= 0.6 is 0 Å². The number of nitriles is 1. The van der Waals surface area contributed by atoms with Crippen LogP contribution < -0.4 is 0 Å². The number of ether oxygens (including phenoxy) is 1. The number of amides is 1. The number of esters is 1. The molecule has 124 valence electrons. The molecule has 2 aromatic rings. The number of carbonyl (C=O) groups excluding carboxylic acids is 2. The van der Waals surface area contributed by atoms with E-state index in [2.05, 4.69) is 5.16 Å². The van der Waals surface area contributed by atoms with Crippen LogP contribution in [0.4, 0.5) is 0 Å². The van der Waals surface area contributed by atoms with E-state index in [1.807, 2.05) is 24.3 Å². The summed E-state index contributed by atoms with van der Waals surface area (Å²) in [6, 6.07) is 11.0. The fourth-order valence-electron chi connectivity index (χ4n) is 2.06. The summed E-state index contributed by atoms with van der Waals surface area (Å²) in [5, 5.41) is 12.4. The maximum Gasteiger partial charge on any atom is 0.344 e. The molecule has 0 atom stereocenters. The largest absolute Gasteiger partial charge is 0.452 e. The Labute approximate surface area is 139 Å². The summed E-state index contributed by atoms with van der Waals surface area (Å²) in [5.74, 6) is -0.729. The van der Waals surface area contributed by atoms with Gasteiger partial charge in [-0.1, -0.05) is 35.5 Å². The van der Waals surface area contributed by atoms with Crippen molar-refractivity contribution in [2.45, 2.75) is 13.3 Å². The molecule has 0 unspecified atom stereocenters. The molecule has 0 radical (unpaired) electrons. The topological polar surface area (TPSA) is 96.4 Å². The molecule has 0 saturated carbocycles. The molecule has 1 heterocycles. The monoisotopic (exact) mass is 327 g/mol. The first-order valence-electron chi connectivity index (χ1n) is 7.34. The standard InChI is InChI=1S/C17H17N3O4/c1-12-15(16(19-24-12)13-7-4-3-5-8-13)17(22)23-11-14(21)20(2)10-6-9-18/h3-5,7-8H,6,10-11H2,1-2H3. The van der Waals surface area contributed by atoms with E-state index in [4.69, 9.17) is 14.5 Å². The number of hydrogen-bond acceptors (Lipinski definition) is 6. The molecule has 1 aromatic carbocycles. The van der Waals surface area contributed by atoms with Gasteiger partial charge in [-0.2, -0.15) is 5.26 Å². The zero-order valence-electron chi connectivity index (χ0n) is 13.5. The molecular formula is C17H17N3O4. The fraction of sp³-hybridized carbons (Fsp3) is 0.294. The molecule has 0 aliphatic carbocycles. The number of benzene rings is 1. The van der Waals surface area contributed by atoms with E-state index >= 15 is 0 Å². The van der Waals surface area contributed by atoms with Crippen molar-refractivity contribution in [2.75, 3.05) is 20.2 Å². The second-order valence-corrected chi connectivity index (χ2v) is 5.13. The average molecular weight is 327 g/mol. The molecule has 7 nitrogen and oxygen atoms in total. The van der Waals surface area contributed by atoms with E-state index in [9.17, 15) is 9.59 Å². The van der Waals surface area contributed by atoms with E-state index in [1.165, 1.54) is 4.90 Å². The minimum Gasteiger partial charge on any atom is -0.452 e. The average Bonchev–Trinajstić information content (AvgIpc) is 2.99. The number of rotatable bonds is 6. The van der Waals surface area contributed by atoms with Crippen LogP contribution in [0.2, 0.25) is 0 Å². The molecule has 1 amide bonds. The highest BCUT2D eigenvalue weighted by molar-refractivity contribution is 5.98. The molecule has 0 spiro atoms. The highest BCUT2D eigenvalue weighted by Crippen LogP contribution is 2.25. The summed E-state index contributed by atoms with van der Waals surface area (Å²) in [6.45, 7) is 1.49.